The second kappa shape index (κ2) is 6.79. The number of nitrogens with one attached hydrogen (secondary N) is 1. The molecule has 5 heteroatoms. The average Bonchev–Trinajstić information content (AvgIpc) is 3.02. The van der Waals surface area contributed by atoms with Crippen LogP contribution in [0.15, 0.2) is 18.2 Å². The number of fused-ring (bicyclic) bond motifs is 1. The summed E-state index contributed by atoms with van der Waals surface area (Å²) in [7, 11) is 3.28. The van der Waals surface area contributed by atoms with E-state index >= 15 is 0 Å². The Morgan fingerprint density at radius 3 is 2.78 bits per heavy atom. The molecule has 1 aliphatic heterocycles. The first-order chi connectivity index (χ1) is 11.1. The molecule has 1 aromatic rings. The standard InChI is InChI=1S/C18H25NO4/c1-11(20)19-14-10-17(23-15-8-4-6-12(14)15)13-7-5-9-16(21-2)18(13)22-3/h5,7,9,12,14-15,17H,4,6,8,10H2,1-3H3,(H,19,20)/t12-,14+,15+,17+/m0/s1. The molecule has 1 saturated heterocycles. The molecule has 0 radical (unpaired) electrons. The van der Waals surface area contributed by atoms with Gasteiger partial charge in [-0.15, -0.1) is 0 Å². The van der Waals surface area contributed by atoms with Gasteiger partial charge in [-0.2, -0.15) is 0 Å². The van der Waals surface area contributed by atoms with E-state index in [0.717, 1.165) is 37.0 Å². The third kappa shape index (κ3) is 3.15. The summed E-state index contributed by atoms with van der Waals surface area (Å²) in [4.78, 5) is 11.6. The molecular weight excluding hydrogens is 294 g/mol. The minimum absolute atomic E-state index is 0.0268. The summed E-state index contributed by atoms with van der Waals surface area (Å²) in [5.41, 5.74) is 0.993. The number of methoxy groups -OCH3 is 2. The number of para-hydroxylation sites is 1. The molecule has 23 heavy (non-hydrogen) atoms. The van der Waals surface area contributed by atoms with Crippen LogP contribution >= 0.6 is 0 Å². The number of hydrogen-bond donors (Lipinski definition) is 1. The molecule has 5 nitrogen and oxygen atoms in total. The van der Waals surface area contributed by atoms with Crippen molar-refractivity contribution in [3.63, 3.8) is 0 Å². The number of carbonyl (C=O) groups excluding carboxylic acids is 1. The molecule has 1 saturated carbocycles. The van der Waals surface area contributed by atoms with Crippen molar-refractivity contribution >= 4 is 5.91 Å². The van der Waals surface area contributed by atoms with Crippen LogP contribution in [0.1, 0.15) is 44.3 Å². The number of rotatable bonds is 4. The zero-order valence-electron chi connectivity index (χ0n) is 14.0. The molecule has 2 aliphatic rings. The molecule has 1 aromatic carbocycles. The van der Waals surface area contributed by atoms with Crippen molar-refractivity contribution in [2.45, 2.75) is 50.9 Å². The molecule has 126 valence electrons. The van der Waals surface area contributed by atoms with Gasteiger partial charge < -0.3 is 19.5 Å². The summed E-state index contributed by atoms with van der Waals surface area (Å²) in [5, 5.41) is 3.13. The van der Waals surface area contributed by atoms with E-state index in [2.05, 4.69) is 5.32 Å². The van der Waals surface area contributed by atoms with Crippen molar-refractivity contribution in [2.24, 2.45) is 5.92 Å². The van der Waals surface area contributed by atoms with E-state index in [1.54, 1.807) is 21.1 Å². The second-order valence-corrected chi connectivity index (χ2v) is 6.38. The Morgan fingerprint density at radius 2 is 2.09 bits per heavy atom. The predicted octanol–water partition coefficient (Wildman–Crippen LogP) is 2.84. The van der Waals surface area contributed by atoms with Crippen molar-refractivity contribution < 1.29 is 19.0 Å². The van der Waals surface area contributed by atoms with Crippen molar-refractivity contribution in [1.82, 2.24) is 5.32 Å². The summed E-state index contributed by atoms with van der Waals surface area (Å²) >= 11 is 0. The van der Waals surface area contributed by atoms with Gasteiger partial charge in [0.05, 0.1) is 26.4 Å². The lowest BCUT2D eigenvalue weighted by Crippen LogP contribution is -2.47. The summed E-state index contributed by atoms with van der Waals surface area (Å²) in [6, 6.07) is 6.02. The van der Waals surface area contributed by atoms with Crippen molar-refractivity contribution in [2.75, 3.05) is 14.2 Å². The minimum Gasteiger partial charge on any atom is -0.493 e. The van der Waals surface area contributed by atoms with Gasteiger partial charge >= 0.3 is 0 Å². The van der Waals surface area contributed by atoms with Crippen LogP contribution in [0.3, 0.4) is 0 Å². The Balaban J connectivity index is 1.89. The van der Waals surface area contributed by atoms with E-state index in [1.807, 2.05) is 18.2 Å². The normalized spacial score (nSPS) is 29.7. The number of amides is 1. The van der Waals surface area contributed by atoms with Gasteiger partial charge in [-0.05, 0) is 25.3 Å². The fraction of sp³-hybridized carbons (Fsp3) is 0.611. The van der Waals surface area contributed by atoms with Gasteiger partial charge in [-0.25, -0.2) is 0 Å². The number of benzene rings is 1. The first-order valence-electron chi connectivity index (χ1n) is 8.27. The third-order valence-electron chi connectivity index (χ3n) is 5.00. The zero-order chi connectivity index (χ0) is 16.4. The Bertz CT molecular complexity index is 574. The molecular formula is C18H25NO4. The highest BCUT2D eigenvalue weighted by Crippen LogP contribution is 2.46. The van der Waals surface area contributed by atoms with Gasteiger partial charge in [0.25, 0.3) is 0 Å². The van der Waals surface area contributed by atoms with E-state index in [1.165, 1.54) is 0 Å². The Hall–Kier alpha value is -1.75. The first-order valence-corrected chi connectivity index (χ1v) is 8.27. The fourth-order valence-electron chi connectivity index (χ4n) is 4.05. The SMILES string of the molecule is COc1cccc([C@H]2C[C@@H](NC(C)=O)[C@@H]3CCC[C@H]3O2)c1OC. The zero-order valence-corrected chi connectivity index (χ0v) is 14.0. The molecule has 1 N–H and O–H groups in total. The number of carbonyl (C=O) groups is 1. The second-order valence-electron chi connectivity index (χ2n) is 6.38. The van der Waals surface area contributed by atoms with Crippen molar-refractivity contribution in [3.05, 3.63) is 23.8 Å². The maximum atomic E-state index is 11.6. The van der Waals surface area contributed by atoms with Crippen LogP contribution in [0, 0.1) is 5.92 Å². The molecule has 3 rings (SSSR count). The van der Waals surface area contributed by atoms with Crippen molar-refractivity contribution in [1.29, 1.82) is 0 Å². The molecule has 0 spiro atoms. The van der Waals surface area contributed by atoms with Crippen LogP contribution in [-0.2, 0) is 9.53 Å². The lowest BCUT2D eigenvalue weighted by Gasteiger charge is -2.39. The van der Waals surface area contributed by atoms with E-state index in [0.29, 0.717) is 11.7 Å². The lowest BCUT2D eigenvalue weighted by atomic mass is 9.86. The van der Waals surface area contributed by atoms with E-state index in [9.17, 15) is 4.79 Å². The average molecular weight is 319 g/mol. The summed E-state index contributed by atoms with van der Waals surface area (Å²) in [6.45, 7) is 1.58. The monoisotopic (exact) mass is 319 g/mol. The molecule has 0 bridgehead atoms. The maximum absolute atomic E-state index is 11.6. The van der Waals surface area contributed by atoms with E-state index < -0.39 is 0 Å². The van der Waals surface area contributed by atoms with Crippen LogP contribution in [0.25, 0.3) is 0 Å². The summed E-state index contributed by atoms with van der Waals surface area (Å²) < 4.78 is 17.3. The number of ether oxygens (including phenoxy) is 3. The van der Waals surface area contributed by atoms with E-state index in [-0.39, 0.29) is 24.2 Å². The molecule has 2 fully saturated rings. The van der Waals surface area contributed by atoms with Gasteiger partial charge in [0, 0.05) is 24.4 Å². The van der Waals surface area contributed by atoms with Gasteiger partial charge in [0.2, 0.25) is 5.91 Å². The Labute approximate surface area is 137 Å². The van der Waals surface area contributed by atoms with Crippen LogP contribution in [0.4, 0.5) is 0 Å². The summed E-state index contributed by atoms with van der Waals surface area (Å²) in [5.74, 6) is 1.88. The van der Waals surface area contributed by atoms with Crippen LogP contribution < -0.4 is 14.8 Å². The lowest BCUT2D eigenvalue weighted by molar-refractivity contribution is -0.124. The van der Waals surface area contributed by atoms with E-state index in [4.69, 9.17) is 14.2 Å². The minimum atomic E-state index is -0.0868. The first kappa shape index (κ1) is 16.1. The third-order valence-corrected chi connectivity index (χ3v) is 5.00. The highest BCUT2D eigenvalue weighted by molar-refractivity contribution is 5.73. The van der Waals surface area contributed by atoms with Gasteiger partial charge in [-0.3, -0.25) is 4.79 Å². The summed E-state index contributed by atoms with van der Waals surface area (Å²) in [6.07, 6.45) is 4.23. The van der Waals surface area contributed by atoms with Gasteiger partial charge in [0.15, 0.2) is 11.5 Å². The quantitative estimate of drug-likeness (QED) is 0.927. The van der Waals surface area contributed by atoms with Gasteiger partial charge in [-0.1, -0.05) is 18.6 Å². The highest BCUT2D eigenvalue weighted by Gasteiger charge is 2.42. The fourth-order valence-corrected chi connectivity index (χ4v) is 4.05. The van der Waals surface area contributed by atoms with Gasteiger partial charge in [0.1, 0.15) is 0 Å². The Kier molecular flexibility index (Phi) is 4.76. The molecule has 1 heterocycles. The number of hydrogen-bond acceptors (Lipinski definition) is 4. The topological polar surface area (TPSA) is 56.8 Å². The van der Waals surface area contributed by atoms with Crippen LogP contribution in [0.2, 0.25) is 0 Å². The van der Waals surface area contributed by atoms with Crippen LogP contribution in [0.5, 0.6) is 11.5 Å². The molecule has 0 aromatic heterocycles. The Morgan fingerprint density at radius 1 is 1.26 bits per heavy atom. The molecule has 4 atom stereocenters. The van der Waals surface area contributed by atoms with Crippen molar-refractivity contribution in [3.8, 4) is 11.5 Å². The molecule has 0 unspecified atom stereocenters. The molecule has 1 amide bonds. The maximum Gasteiger partial charge on any atom is 0.217 e. The predicted molar refractivity (Wildman–Crippen MR) is 86.7 cm³/mol. The molecule has 1 aliphatic carbocycles. The van der Waals surface area contributed by atoms with Crippen LogP contribution in [-0.4, -0.2) is 32.3 Å². The largest absolute Gasteiger partial charge is 0.493 e. The highest BCUT2D eigenvalue weighted by atomic mass is 16.5. The smallest absolute Gasteiger partial charge is 0.217 e.